The molecule has 108 valence electrons. The molecule has 1 amide bonds. The molecule has 2 unspecified atom stereocenters. The molecule has 0 saturated heterocycles. The van der Waals surface area contributed by atoms with Gasteiger partial charge in [-0.25, -0.2) is 4.98 Å². The largest absolute Gasteiger partial charge is 0.396 e. The van der Waals surface area contributed by atoms with Crippen LogP contribution in [-0.4, -0.2) is 34.4 Å². The van der Waals surface area contributed by atoms with Crippen molar-refractivity contribution in [2.45, 2.75) is 39.0 Å². The lowest BCUT2D eigenvalue weighted by atomic mass is 10.1. The van der Waals surface area contributed by atoms with Crippen LogP contribution in [-0.2, 0) is 10.5 Å². The molecule has 0 radical (unpaired) electrons. The van der Waals surface area contributed by atoms with Crippen molar-refractivity contribution >= 4 is 29.0 Å². The third kappa shape index (κ3) is 6.40. The fourth-order valence-electron chi connectivity index (χ4n) is 1.44. The molecule has 4 nitrogen and oxygen atoms in total. The van der Waals surface area contributed by atoms with Gasteiger partial charge in [0.05, 0.1) is 10.7 Å². The van der Waals surface area contributed by atoms with Crippen LogP contribution in [0.4, 0.5) is 0 Å². The number of hydrogen-bond donors (Lipinski definition) is 2. The summed E-state index contributed by atoms with van der Waals surface area (Å²) < 4.78 is 0. The third-order valence-corrected chi connectivity index (χ3v) is 4.74. The Morgan fingerprint density at radius 3 is 2.89 bits per heavy atom. The summed E-state index contributed by atoms with van der Waals surface area (Å²) in [6, 6.07) is 0.0173. The Balaban J connectivity index is 2.13. The van der Waals surface area contributed by atoms with Gasteiger partial charge in [-0.2, -0.15) is 11.8 Å². The molecule has 1 aromatic heterocycles. The summed E-state index contributed by atoms with van der Waals surface area (Å²) in [4.78, 5) is 16.0. The van der Waals surface area contributed by atoms with E-state index in [2.05, 4.69) is 15.7 Å². The number of thioether (sulfide) groups is 1. The zero-order chi connectivity index (χ0) is 14.3. The van der Waals surface area contributed by atoms with Gasteiger partial charge < -0.3 is 10.4 Å². The van der Waals surface area contributed by atoms with Gasteiger partial charge in [0.2, 0.25) is 5.91 Å². The number of carbonyl (C=O) groups excluding carboxylic acids is 1. The van der Waals surface area contributed by atoms with Crippen LogP contribution in [0.1, 0.15) is 31.0 Å². The molecule has 0 bridgehead atoms. The SMILES string of the molecule is Cc1nc(CSCCC(=O)NC(C)C(C)CO)cs1. The summed E-state index contributed by atoms with van der Waals surface area (Å²) in [7, 11) is 0. The maximum Gasteiger partial charge on any atom is 0.221 e. The maximum atomic E-state index is 11.7. The number of hydrogen-bond acceptors (Lipinski definition) is 5. The topological polar surface area (TPSA) is 62.2 Å². The van der Waals surface area contributed by atoms with Crippen LogP contribution in [0.25, 0.3) is 0 Å². The molecule has 0 aliphatic heterocycles. The highest BCUT2D eigenvalue weighted by Crippen LogP contribution is 2.15. The number of thiazole rings is 1. The van der Waals surface area contributed by atoms with E-state index in [9.17, 15) is 4.79 Å². The van der Waals surface area contributed by atoms with E-state index in [0.29, 0.717) is 6.42 Å². The van der Waals surface area contributed by atoms with Crippen molar-refractivity contribution in [1.29, 1.82) is 0 Å². The van der Waals surface area contributed by atoms with Gasteiger partial charge in [-0.05, 0) is 19.8 Å². The summed E-state index contributed by atoms with van der Waals surface area (Å²) in [6.07, 6.45) is 0.510. The highest BCUT2D eigenvalue weighted by molar-refractivity contribution is 7.98. The molecule has 0 fully saturated rings. The zero-order valence-electron chi connectivity index (χ0n) is 11.7. The molecule has 2 N–H and O–H groups in total. The number of nitrogens with zero attached hydrogens (tertiary/aromatic N) is 1. The number of nitrogens with one attached hydrogen (secondary N) is 1. The van der Waals surface area contributed by atoms with Crippen LogP contribution in [0.2, 0.25) is 0 Å². The lowest BCUT2D eigenvalue weighted by Crippen LogP contribution is -2.38. The molecule has 1 heterocycles. The number of aliphatic hydroxyl groups excluding tert-OH is 1. The van der Waals surface area contributed by atoms with Crippen molar-refractivity contribution < 1.29 is 9.90 Å². The molecule has 0 aromatic carbocycles. The van der Waals surface area contributed by atoms with Crippen LogP contribution in [0.3, 0.4) is 0 Å². The number of amides is 1. The van der Waals surface area contributed by atoms with E-state index < -0.39 is 0 Å². The molecule has 19 heavy (non-hydrogen) atoms. The second-order valence-electron chi connectivity index (χ2n) is 4.68. The standard InChI is InChI=1S/C13H22N2O2S2/c1-9(6-16)10(2)14-13(17)4-5-18-7-12-8-19-11(3)15-12/h8-10,16H,4-7H2,1-3H3,(H,14,17). The Hall–Kier alpha value is -0.590. The van der Waals surface area contributed by atoms with Crippen LogP contribution in [0.5, 0.6) is 0 Å². The molecule has 2 atom stereocenters. The highest BCUT2D eigenvalue weighted by Gasteiger charge is 2.13. The summed E-state index contributed by atoms with van der Waals surface area (Å²) in [5.74, 6) is 1.80. The van der Waals surface area contributed by atoms with E-state index in [4.69, 9.17) is 5.11 Å². The quantitative estimate of drug-likeness (QED) is 0.723. The van der Waals surface area contributed by atoms with Crippen LogP contribution in [0.15, 0.2) is 5.38 Å². The number of aliphatic hydroxyl groups is 1. The smallest absolute Gasteiger partial charge is 0.221 e. The lowest BCUT2D eigenvalue weighted by molar-refractivity contribution is -0.121. The van der Waals surface area contributed by atoms with Crippen LogP contribution < -0.4 is 5.32 Å². The molecule has 0 aliphatic rings. The number of rotatable bonds is 8. The Bertz CT molecular complexity index is 396. The van der Waals surface area contributed by atoms with Crippen molar-refractivity contribution in [2.24, 2.45) is 5.92 Å². The molecule has 1 aromatic rings. The molecule has 0 aliphatic carbocycles. The van der Waals surface area contributed by atoms with Gasteiger partial charge in [0, 0.05) is 36.0 Å². The fraction of sp³-hybridized carbons (Fsp3) is 0.692. The summed E-state index contributed by atoms with van der Waals surface area (Å²) in [5.41, 5.74) is 1.09. The summed E-state index contributed by atoms with van der Waals surface area (Å²) >= 11 is 3.38. The van der Waals surface area contributed by atoms with Crippen molar-refractivity contribution in [1.82, 2.24) is 10.3 Å². The first-order chi connectivity index (χ1) is 9.02. The number of carbonyl (C=O) groups is 1. The molecule has 0 spiro atoms. The van der Waals surface area contributed by atoms with Crippen molar-refractivity contribution in [3.05, 3.63) is 16.1 Å². The normalized spacial score (nSPS) is 14.1. The van der Waals surface area contributed by atoms with Crippen LogP contribution in [0, 0.1) is 12.8 Å². The highest BCUT2D eigenvalue weighted by atomic mass is 32.2. The average molecular weight is 302 g/mol. The Morgan fingerprint density at radius 1 is 1.58 bits per heavy atom. The summed E-state index contributed by atoms with van der Waals surface area (Å²) in [5, 5.41) is 15.1. The van der Waals surface area contributed by atoms with Crippen molar-refractivity contribution in [2.75, 3.05) is 12.4 Å². The zero-order valence-corrected chi connectivity index (χ0v) is 13.3. The van der Waals surface area contributed by atoms with Gasteiger partial charge in [0.15, 0.2) is 0 Å². The summed E-state index contributed by atoms with van der Waals surface area (Å²) in [6.45, 7) is 5.93. The lowest BCUT2D eigenvalue weighted by Gasteiger charge is -2.19. The van der Waals surface area contributed by atoms with Crippen molar-refractivity contribution in [3.63, 3.8) is 0 Å². The first-order valence-corrected chi connectivity index (χ1v) is 8.45. The predicted molar refractivity (Wildman–Crippen MR) is 81.5 cm³/mol. The molecular weight excluding hydrogens is 280 g/mol. The van der Waals surface area contributed by atoms with E-state index in [1.54, 1.807) is 23.1 Å². The van der Waals surface area contributed by atoms with E-state index in [0.717, 1.165) is 22.2 Å². The van der Waals surface area contributed by atoms with Gasteiger partial charge in [-0.3, -0.25) is 4.79 Å². The average Bonchev–Trinajstić information content (AvgIpc) is 2.79. The monoisotopic (exact) mass is 302 g/mol. The maximum absolute atomic E-state index is 11.7. The predicted octanol–water partition coefficient (Wildman–Crippen LogP) is 2.21. The van der Waals surface area contributed by atoms with E-state index in [1.165, 1.54) is 0 Å². The fourth-order valence-corrected chi connectivity index (χ4v) is 2.99. The van der Waals surface area contributed by atoms with Gasteiger partial charge in [0.25, 0.3) is 0 Å². The number of aryl methyl sites for hydroxylation is 1. The Kier molecular flexibility index (Phi) is 7.41. The van der Waals surface area contributed by atoms with Crippen LogP contribution >= 0.6 is 23.1 Å². The second kappa shape index (κ2) is 8.55. The third-order valence-electron chi connectivity index (χ3n) is 2.92. The Labute approximate surface area is 123 Å². The molecule has 0 saturated carbocycles. The Morgan fingerprint density at radius 2 is 2.32 bits per heavy atom. The first-order valence-electron chi connectivity index (χ1n) is 6.42. The molecular formula is C13H22N2O2S2. The minimum atomic E-state index is 0.0173. The van der Waals surface area contributed by atoms with Gasteiger partial charge in [-0.15, -0.1) is 11.3 Å². The van der Waals surface area contributed by atoms with Gasteiger partial charge >= 0.3 is 0 Å². The van der Waals surface area contributed by atoms with Gasteiger partial charge in [0.1, 0.15) is 0 Å². The van der Waals surface area contributed by atoms with E-state index >= 15 is 0 Å². The minimum Gasteiger partial charge on any atom is -0.396 e. The van der Waals surface area contributed by atoms with Gasteiger partial charge in [-0.1, -0.05) is 6.92 Å². The van der Waals surface area contributed by atoms with Crippen molar-refractivity contribution in [3.8, 4) is 0 Å². The number of aromatic nitrogens is 1. The first kappa shape index (κ1) is 16.5. The minimum absolute atomic E-state index is 0.0173. The van der Waals surface area contributed by atoms with E-state index in [1.807, 2.05) is 20.8 Å². The van der Waals surface area contributed by atoms with E-state index in [-0.39, 0.29) is 24.5 Å². The second-order valence-corrected chi connectivity index (χ2v) is 6.84. The molecule has 1 rings (SSSR count). The molecule has 6 heteroatoms.